The third-order valence-electron chi connectivity index (χ3n) is 2.16. The monoisotopic (exact) mass is 237 g/mol. The first-order valence-electron chi connectivity index (χ1n) is 5.31. The van der Waals surface area contributed by atoms with Crippen LogP contribution in [0.4, 0.5) is 5.69 Å². The average molecular weight is 237 g/mol. The van der Waals surface area contributed by atoms with Gasteiger partial charge in [0.1, 0.15) is 5.69 Å². The molecule has 0 atom stereocenters. The summed E-state index contributed by atoms with van der Waals surface area (Å²) < 4.78 is 0. The Morgan fingerprint density at radius 3 is 2.82 bits per heavy atom. The largest absolute Gasteiger partial charge is 0.477 e. The summed E-state index contributed by atoms with van der Waals surface area (Å²) in [6.45, 7) is 0.663. The summed E-state index contributed by atoms with van der Waals surface area (Å²) >= 11 is 0. The van der Waals surface area contributed by atoms with Crippen molar-refractivity contribution in [3.05, 3.63) is 24.0 Å². The van der Waals surface area contributed by atoms with Crippen molar-refractivity contribution in [1.29, 1.82) is 0 Å². The predicted molar refractivity (Wildman–Crippen MR) is 62.7 cm³/mol. The number of aromatic nitrogens is 1. The molecule has 0 fully saturated rings. The van der Waals surface area contributed by atoms with Gasteiger partial charge in [0.2, 0.25) is 5.91 Å². The minimum atomic E-state index is -1.05. The van der Waals surface area contributed by atoms with Crippen LogP contribution in [0.1, 0.15) is 29.8 Å². The van der Waals surface area contributed by atoms with Crippen molar-refractivity contribution in [2.45, 2.75) is 19.3 Å². The van der Waals surface area contributed by atoms with Crippen molar-refractivity contribution in [2.24, 2.45) is 5.73 Å². The Labute approximate surface area is 98.8 Å². The van der Waals surface area contributed by atoms with Crippen LogP contribution in [0.5, 0.6) is 0 Å². The van der Waals surface area contributed by atoms with Crippen molar-refractivity contribution in [3.63, 3.8) is 0 Å². The molecule has 17 heavy (non-hydrogen) atoms. The summed E-state index contributed by atoms with van der Waals surface area (Å²) in [4.78, 5) is 24.8. The van der Waals surface area contributed by atoms with Crippen molar-refractivity contribution in [1.82, 2.24) is 4.98 Å². The number of carboxylic acids is 1. The normalized spacial score (nSPS) is 9.88. The van der Waals surface area contributed by atoms with Gasteiger partial charge < -0.3 is 16.2 Å². The van der Waals surface area contributed by atoms with E-state index in [1.807, 2.05) is 0 Å². The number of carbonyl (C=O) groups excluding carboxylic acids is 1. The van der Waals surface area contributed by atoms with E-state index in [2.05, 4.69) is 10.3 Å². The summed E-state index contributed by atoms with van der Waals surface area (Å²) in [6, 6.07) is 3.16. The molecule has 0 bridgehead atoms. The van der Waals surface area contributed by atoms with Crippen molar-refractivity contribution in [3.8, 4) is 0 Å². The highest BCUT2D eigenvalue weighted by Gasteiger charge is 2.04. The summed E-state index contributed by atoms with van der Waals surface area (Å²) in [6.07, 6.45) is 3.33. The van der Waals surface area contributed by atoms with Gasteiger partial charge in [0.05, 0.1) is 0 Å². The van der Waals surface area contributed by atoms with E-state index in [0.717, 1.165) is 12.8 Å². The van der Waals surface area contributed by atoms with Crippen LogP contribution in [0, 0.1) is 0 Å². The molecule has 0 saturated carbocycles. The van der Waals surface area contributed by atoms with Gasteiger partial charge in [-0.15, -0.1) is 0 Å². The maximum absolute atomic E-state index is 10.7. The van der Waals surface area contributed by atoms with E-state index in [-0.39, 0.29) is 11.6 Å². The number of unbranched alkanes of at least 4 members (excludes halogenated alkanes) is 1. The van der Waals surface area contributed by atoms with E-state index in [9.17, 15) is 9.59 Å². The molecule has 0 aliphatic rings. The first kappa shape index (κ1) is 13.0. The van der Waals surface area contributed by atoms with Gasteiger partial charge in [-0.05, 0) is 25.0 Å². The van der Waals surface area contributed by atoms with E-state index in [4.69, 9.17) is 10.8 Å². The minimum Gasteiger partial charge on any atom is -0.477 e. The second kappa shape index (κ2) is 6.47. The summed E-state index contributed by atoms with van der Waals surface area (Å²) in [5.74, 6) is -1.36. The number of hydrogen-bond donors (Lipinski definition) is 3. The molecule has 92 valence electrons. The maximum atomic E-state index is 10.7. The Balaban J connectivity index is 2.34. The lowest BCUT2D eigenvalue weighted by Crippen LogP contribution is -2.11. The SMILES string of the molecule is NC(=O)CCCCNc1ccnc(C(=O)O)c1. The van der Waals surface area contributed by atoms with Crippen LogP contribution in [0.25, 0.3) is 0 Å². The molecule has 0 saturated heterocycles. The van der Waals surface area contributed by atoms with E-state index < -0.39 is 5.97 Å². The smallest absolute Gasteiger partial charge is 0.354 e. The molecule has 1 aromatic rings. The number of anilines is 1. The molecule has 0 radical (unpaired) electrons. The Kier molecular flexibility index (Phi) is 4.93. The lowest BCUT2D eigenvalue weighted by Gasteiger charge is -2.05. The van der Waals surface area contributed by atoms with E-state index in [1.165, 1.54) is 12.3 Å². The number of aromatic carboxylic acids is 1. The Hall–Kier alpha value is -2.11. The number of carbonyl (C=O) groups is 2. The van der Waals surface area contributed by atoms with Crippen LogP contribution in [-0.4, -0.2) is 28.5 Å². The lowest BCUT2D eigenvalue weighted by atomic mass is 10.2. The number of hydrogen-bond acceptors (Lipinski definition) is 4. The number of amides is 1. The summed E-state index contributed by atoms with van der Waals surface area (Å²) in [7, 11) is 0. The highest BCUT2D eigenvalue weighted by Crippen LogP contribution is 2.08. The molecule has 1 amide bonds. The zero-order valence-corrected chi connectivity index (χ0v) is 9.35. The fraction of sp³-hybridized carbons (Fsp3) is 0.364. The third kappa shape index (κ3) is 4.96. The number of carboxylic acid groups (broad SMARTS) is 1. The highest BCUT2D eigenvalue weighted by molar-refractivity contribution is 5.86. The third-order valence-corrected chi connectivity index (χ3v) is 2.16. The van der Waals surface area contributed by atoms with E-state index >= 15 is 0 Å². The molecule has 0 aromatic carbocycles. The molecular formula is C11H15N3O3. The fourth-order valence-corrected chi connectivity index (χ4v) is 1.31. The molecule has 0 aliphatic carbocycles. The molecule has 1 aromatic heterocycles. The second-order valence-corrected chi connectivity index (χ2v) is 3.59. The first-order chi connectivity index (χ1) is 8.09. The van der Waals surface area contributed by atoms with Gasteiger partial charge in [-0.3, -0.25) is 4.79 Å². The maximum Gasteiger partial charge on any atom is 0.354 e. The van der Waals surface area contributed by atoms with E-state index in [0.29, 0.717) is 18.7 Å². The number of nitrogens with zero attached hydrogens (tertiary/aromatic N) is 1. The number of nitrogens with two attached hydrogens (primary N) is 1. The Morgan fingerprint density at radius 1 is 1.41 bits per heavy atom. The number of rotatable bonds is 7. The molecule has 4 N–H and O–H groups in total. The molecule has 6 heteroatoms. The van der Waals surface area contributed by atoms with Crippen LogP contribution < -0.4 is 11.1 Å². The average Bonchev–Trinajstić information content (AvgIpc) is 2.28. The van der Waals surface area contributed by atoms with Crippen LogP contribution in [0.2, 0.25) is 0 Å². The number of pyridine rings is 1. The molecule has 6 nitrogen and oxygen atoms in total. The quantitative estimate of drug-likeness (QED) is 0.609. The summed E-state index contributed by atoms with van der Waals surface area (Å²) in [5.41, 5.74) is 5.72. The Morgan fingerprint density at radius 2 is 2.18 bits per heavy atom. The minimum absolute atomic E-state index is 0.00661. The molecular weight excluding hydrogens is 222 g/mol. The van der Waals surface area contributed by atoms with Gasteiger partial charge in [-0.25, -0.2) is 9.78 Å². The number of nitrogens with one attached hydrogen (secondary N) is 1. The van der Waals surface area contributed by atoms with Crippen molar-refractivity contribution < 1.29 is 14.7 Å². The highest BCUT2D eigenvalue weighted by atomic mass is 16.4. The van der Waals surface area contributed by atoms with Gasteiger partial charge in [-0.2, -0.15) is 0 Å². The van der Waals surface area contributed by atoms with Gasteiger partial charge >= 0.3 is 5.97 Å². The van der Waals surface area contributed by atoms with Crippen LogP contribution in [-0.2, 0) is 4.79 Å². The van der Waals surface area contributed by atoms with Crippen molar-refractivity contribution >= 4 is 17.6 Å². The zero-order valence-electron chi connectivity index (χ0n) is 9.35. The molecule has 1 heterocycles. The Bertz CT molecular complexity index is 407. The van der Waals surface area contributed by atoms with Crippen LogP contribution >= 0.6 is 0 Å². The zero-order chi connectivity index (χ0) is 12.7. The summed E-state index contributed by atoms with van der Waals surface area (Å²) in [5, 5.41) is 11.8. The second-order valence-electron chi connectivity index (χ2n) is 3.59. The number of primary amides is 1. The van der Waals surface area contributed by atoms with E-state index in [1.54, 1.807) is 6.07 Å². The molecule has 0 aliphatic heterocycles. The fourth-order valence-electron chi connectivity index (χ4n) is 1.31. The first-order valence-corrected chi connectivity index (χ1v) is 5.31. The van der Waals surface area contributed by atoms with Crippen LogP contribution in [0.15, 0.2) is 18.3 Å². The molecule has 0 spiro atoms. The topological polar surface area (TPSA) is 105 Å². The van der Waals surface area contributed by atoms with Crippen LogP contribution in [0.3, 0.4) is 0 Å². The standard InChI is InChI=1S/C11H15N3O3/c12-10(15)3-1-2-5-13-8-4-6-14-9(7-8)11(16)17/h4,6-7H,1-3,5H2,(H2,12,15)(H,13,14)(H,16,17). The molecule has 0 unspecified atom stereocenters. The molecule has 1 rings (SSSR count). The predicted octanol–water partition coefficient (Wildman–Crippen LogP) is 0.847. The van der Waals surface area contributed by atoms with Gasteiger partial charge in [0.15, 0.2) is 0 Å². The van der Waals surface area contributed by atoms with Gasteiger partial charge in [-0.1, -0.05) is 0 Å². The van der Waals surface area contributed by atoms with Gasteiger partial charge in [0, 0.05) is 24.8 Å². The van der Waals surface area contributed by atoms with Crippen molar-refractivity contribution in [2.75, 3.05) is 11.9 Å². The van der Waals surface area contributed by atoms with Gasteiger partial charge in [0.25, 0.3) is 0 Å². The lowest BCUT2D eigenvalue weighted by molar-refractivity contribution is -0.118.